The predicted molar refractivity (Wildman–Crippen MR) is 53.6 cm³/mol. The quantitative estimate of drug-likeness (QED) is 0.759. The normalized spacial score (nSPS) is 10.2. The minimum absolute atomic E-state index is 0.281. The fourth-order valence-corrected chi connectivity index (χ4v) is 1.24. The van der Waals surface area contributed by atoms with Gasteiger partial charge in [0.05, 0.1) is 6.61 Å². The lowest BCUT2D eigenvalue weighted by Gasteiger charge is -2.00. The Balaban J connectivity index is 2.23. The van der Waals surface area contributed by atoms with Crippen molar-refractivity contribution in [2.24, 2.45) is 0 Å². The zero-order valence-corrected chi connectivity index (χ0v) is 8.38. The van der Waals surface area contributed by atoms with Crippen LogP contribution < -0.4 is 15.2 Å². The standard InChI is InChI=1S/C10H12N3O2/c1-2-14-9-5-3-8(4-6-9)13-7-10(11)15-12-13/h3-7H,2,11H2,1H3/q+1. The summed E-state index contributed by atoms with van der Waals surface area (Å²) in [7, 11) is 0. The van der Waals surface area contributed by atoms with Gasteiger partial charge in [0.25, 0.3) is 12.1 Å². The average Bonchev–Trinajstić information content (AvgIpc) is 2.67. The van der Waals surface area contributed by atoms with E-state index >= 15 is 0 Å². The summed E-state index contributed by atoms with van der Waals surface area (Å²) >= 11 is 0. The van der Waals surface area contributed by atoms with E-state index in [1.165, 1.54) is 0 Å². The molecule has 0 amide bonds. The van der Waals surface area contributed by atoms with E-state index in [2.05, 4.69) is 5.27 Å². The van der Waals surface area contributed by atoms with Gasteiger partial charge in [0.1, 0.15) is 5.75 Å². The van der Waals surface area contributed by atoms with Crippen LogP contribution in [0.25, 0.3) is 5.69 Å². The lowest BCUT2D eigenvalue weighted by molar-refractivity contribution is -0.670. The number of nitrogens with two attached hydrogens (primary N) is 1. The fourth-order valence-electron chi connectivity index (χ4n) is 1.24. The van der Waals surface area contributed by atoms with Crippen molar-refractivity contribution in [3.05, 3.63) is 30.5 Å². The molecule has 0 saturated heterocycles. The summed E-state index contributed by atoms with van der Waals surface area (Å²) in [5.74, 6) is 1.11. The fraction of sp³-hybridized carbons (Fsp3) is 0.200. The van der Waals surface area contributed by atoms with Crippen molar-refractivity contribution in [2.45, 2.75) is 6.92 Å². The highest BCUT2D eigenvalue weighted by Crippen LogP contribution is 2.11. The van der Waals surface area contributed by atoms with Crippen molar-refractivity contribution < 1.29 is 13.9 Å². The van der Waals surface area contributed by atoms with E-state index in [1.807, 2.05) is 31.2 Å². The number of benzene rings is 1. The van der Waals surface area contributed by atoms with Crippen LogP contribution in [0.5, 0.6) is 5.75 Å². The highest BCUT2D eigenvalue weighted by Gasteiger charge is 2.12. The monoisotopic (exact) mass is 206 g/mol. The van der Waals surface area contributed by atoms with E-state index in [0.717, 1.165) is 11.4 Å². The van der Waals surface area contributed by atoms with Gasteiger partial charge in [-0.15, -0.1) is 0 Å². The predicted octanol–water partition coefficient (Wildman–Crippen LogP) is 0.932. The van der Waals surface area contributed by atoms with Crippen molar-refractivity contribution in [3.63, 3.8) is 0 Å². The van der Waals surface area contributed by atoms with E-state index in [4.69, 9.17) is 15.0 Å². The third-order valence-corrected chi connectivity index (χ3v) is 1.90. The van der Waals surface area contributed by atoms with Crippen LogP contribution in [0.2, 0.25) is 0 Å². The van der Waals surface area contributed by atoms with Gasteiger partial charge in [-0.25, -0.2) is 0 Å². The van der Waals surface area contributed by atoms with Gasteiger partial charge in [0, 0.05) is 12.1 Å². The molecule has 78 valence electrons. The molecule has 2 aromatic rings. The number of rotatable bonds is 3. The molecule has 0 spiro atoms. The molecule has 0 aliphatic rings. The summed E-state index contributed by atoms with van der Waals surface area (Å²) < 4.78 is 11.6. The highest BCUT2D eigenvalue weighted by atomic mass is 16.5. The first-order valence-electron chi connectivity index (χ1n) is 4.67. The number of anilines is 1. The molecule has 2 N–H and O–H groups in total. The molecule has 15 heavy (non-hydrogen) atoms. The zero-order chi connectivity index (χ0) is 10.7. The molecular formula is C10H12N3O2+. The topological polar surface area (TPSA) is 65.2 Å². The van der Waals surface area contributed by atoms with Gasteiger partial charge >= 0.3 is 0 Å². The Bertz CT molecular complexity index is 436. The van der Waals surface area contributed by atoms with E-state index in [9.17, 15) is 0 Å². The van der Waals surface area contributed by atoms with Crippen LogP contribution in [0.3, 0.4) is 0 Å². The molecular weight excluding hydrogens is 194 g/mol. The van der Waals surface area contributed by atoms with Crippen LogP contribution in [-0.2, 0) is 0 Å². The van der Waals surface area contributed by atoms with Crippen molar-refractivity contribution in [2.75, 3.05) is 12.3 Å². The molecule has 0 aliphatic heterocycles. The molecule has 0 radical (unpaired) electrons. The molecule has 0 fully saturated rings. The molecule has 0 saturated carbocycles. The molecule has 0 atom stereocenters. The molecule has 1 heterocycles. The summed E-state index contributed by atoms with van der Waals surface area (Å²) in [6.45, 7) is 2.60. The summed E-state index contributed by atoms with van der Waals surface area (Å²) in [5, 5.41) is 3.74. The highest BCUT2D eigenvalue weighted by molar-refractivity contribution is 5.31. The first-order valence-corrected chi connectivity index (χ1v) is 4.67. The molecule has 0 bridgehead atoms. The summed E-state index contributed by atoms with van der Waals surface area (Å²) in [5.41, 5.74) is 6.29. The number of aromatic nitrogens is 2. The molecule has 2 rings (SSSR count). The largest absolute Gasteiger partial charge is 0.494 e. The van der Waals surface area contributed by atoms with Crippen LogP contribution in [0.1, 0.15) is 6.92 Å². The van der Waals surface area contributed by atoms with Crippen molar-refractivity contribution >= 4 is 5.88 Å². The SMILES string of the molecule is CCOc1ccc(-[n+]2cc(N)on2)cc1. The Hall–Kier alpha value is -2.04. The summed E-state index contributed by atoms with van der Waals surface area (Å²) in [6.07, 6.45) is 1.61. The first kappa shape index (κ1) is 9.51. The van der Waals surface area contributed by atoms with Gasteiger partial charge in [-0.05, 0) is 23.7 Å². The maximum absolute atomic E-state index is 5.42. The number of hydrogen-bond acceptors (Lipinski definition) is 4. The summed E-state index contributed by atoms with van der Waals surface area (Å²) in [6, 6.07) is 7.51. The van der Waals surface area contributed by atoms with E-state index in [0.29, 0.717) is 6.61 Å². The third kappa shape index (κ3) is 2.07. The Morgan fingerprint density at radius 3 is 2.67 bits per heavy atom. The molecule has 0 aliphatic carbocycles. The van der Waals surface area contributed by atoms with E-state index in [-0.39, 0.29) is 5.88 Å². The lowest BCUT2D eigenvalue weighted by Crippen LogP contribution is -2.31. The van der Waals surface area contributed by atoms with Gasteiger partial charge in [-0.1, -0.05) is 0 Å². The van der Waals surface area contributed by atoms with Crippen LogP contribution in [0, 0.1) is 0 Å². The first-order chi connectivity index (χ1) is 7.29. The second-order valence-corrected chi connectivity index (χ2v) is 2.98. The average molecular weight is 206 g/mol. The Morgan fingerprint density at radius 1 is 1.40 bits per heavy atom. The van der Waals surface area contributed by atoms with Crippen molar-refractivity contribution in [3.8, 4) is 11.4 Å². The Morgan fingerprint density at radius 2 is 2.13 bits per heavy atom. The number of hydrogen-bond donors (Lipinski definition) is 1. The van der Waals surface area contributed by atoms with Gasteiger partial charge in [0.15, 0.2) is 0 Å². The Kier molecular flexibility index (Phi) is 2.53. The van der Waals surface area contributed by atoms with E-state index < -0.39 is 0 Å². The lowest BCUT2D eigenvalue weighted by atomic mass is 10.3. The van der Waals surface area contributed by atoms with Crippen molar-refractivity contribution in [1.29, 1.82) is 0 Å². The third-order valence-electron chi connectivity index (χ3n) is 1.90. The minimum atomic E-state index is 0.281. The van der Waals surface area contributed by atoms with Crippen molar-refractivity contribution in [1.82, 2.24) is 5.27 Å². The van der Waals surface area contributed by atoms with Gasteiger partial charge in [-0.2, -0.15) is 0 Å². The van der Waals surface area contributed by atoms with E-state index in [1.54, 1.807) is 10.9 Å². The van der Waals surface area contributed by atoms with Crippen LogP contribution in [-0.4, -0.2) is 11.9 Å². The summed E-state index contributed by atoms with van der Waals surface area (Å²) in [4.78, 5) is 0. The van der Waals surface area contributed by atoms with Crippen LogP contribution in [0.4, 0.5) is 5.88 Å². The van der Waals surface area contributed by atoms with Gasteiger partial charge in [0.2, 0.25) is 11.0 Å². The van der Waals surface area contributed by atoms with Crippen LogP contribution >= 0.6 is 0 Å². The minimum Gasteiger partial charge on any atom is -0.494 e. The number of nitrogen functional groups attached to an aromatic ring is 1. The molecule has 1 aromatic carbocycles. The molecule has 0 unspecified atom stereocenters. The molecule has 1 aromatic heterocycles. The molecule has 5 heteroatoms. The maximum atomic E-state index is 5.42. The smallest absolute Gasteiger partial charge is 0.293 e. The van der Waals surface area contributed by atoms with Crippen LogP contribution in [0.15, 0.2) is 35.0 Å². The van der Waals surface area contributed by atoms with Gasteiger partial charge < -0.3 is 10.5 Å². The van der Waals surface area contributed by atoms with Gasteiger partial charge in [-0.3, -0.25) is 4.52 Å². The number of ether oxygens (including phenoxy) is 1. The number of nitrogens with zero attached hydrogens (tertiary/aromatic N) is 2. The second kappa shape index (κ2) is 4.00. The maximum Gasteiger partial charge on any atom is 0.293 e. The zero-order valence-electron chi connectivity index (χ0n) is 8.38. The second-order valence-electron chi connectivity index (χ2n) is 2.98. The molecule has 5 nitrogen and oxygen atoms in total. The Labute approximate surface area is 87.0 Å².